The summed E-state index contributed by atoms with van der Waals surface area (Å²) in [5, 5.41) is 8.56. The van der Waals surface area contributed by atoms with Gasteiger partial charge in [0.25, 0.3) is 0 Å². The third kappa shape index (κ3) is 9.58. The number of carbonyl (C=O) groups excluding carboxylic acids is 1. The van der Waals surface area contributed by atoms with Gasteiger partial charge in [-0.1, -0.05) is 5.92 Å². The van der Waals surface area contributed by atoms with Crippen LogP contribution in [0, 0.1) is 12.3 Å². The number of nitrogens with zero attached hydrogens (tertiary/aromatic N) is 1. The molecule has 0 aromatic heterocycles. The molecular weight excluding hydrogens is 319 g/mol. The quantitative estimate of drug-likeness (QED) is 0.285. The van der Waals surface area contributed by atoms with Crippen molar-refractivity contribution in [2.75, 3.05) is 26.2 Å². The summed E-state index contributed by atoms with van der Waals surface area (Å²) in [6, 6.07) is 0. The normalized spacial score (nSPS) is 8.06. The van der Waals surface area contributed by atoms with E-state index >= 15 is 0 Å². The van der Waals surface area contributed by atoms with E-state index in [1.54, 1.807) is 0 Å². The maximum Gasteiger partial charge on any atom is 0.242 e. The van der Waals surface area contributed by atoms with Crippen molar-refractivity contribution in [3.05, 3.63) is 0 Å². The topological polar surface area (TPSA) is 65.5 Å². The molecule has 0 aliphatic carbocycles. The van der Waals surface area contributed by atoms with Crippen molar-refractivity contribution in [2.45, 2.75) is 13.8 Å². The number of carbonyl (C=O) groups is 1. The predicted molar refractivity (Wildman–Crippen MR) is 76.9 cm³/mol. The van der Waals surface area contributed by atoms with Crippen molar-refractivity contribution in [1.29, 1.82) is 0 Å². The predicted octanol–water partition coefficient (Wildman–Crippen LogP) is -0.0712. The van der Waals surface area contributed by atoms with Gasteiger partial charge in [-0.25, -0.2) is 4.99 Å². The van der Waals surface area contributed by atoms with Crippen molar-refractivity contribution in [3.8, 4) is 12.3 Å². The van der Waals surface area contributed by atoms with Crippen molar-refractivity contribution in [2.24, 2.45) is 4.99 Å². The van der Waals surface area contributed by atoms with Gasteiger partial charge >= 0.3 is 0 Å². The van der Waals surface area contributed by atoms with E-state index in [0.717, 1.165) is 13.1 Å². The van der Waals surface area contributed by atoms with Gasteiger partial charge in [0.2, 0.25) is 5.91 Å². The summed E-state index contributed by atoms with van der Waals surface area (Å²) < 4.78 is 0. The Kier molecular flexibility index (Phi) is 13.2. The van der Waals surface area contributed by atoms with E-state index in [2.05, 4.69) is 26.9 Å². The Hall–Kier alpha value is -0.970. The number of amides is 1. The molecule has 5 nitrogen and oxygen atoms in total. The summed E-state index contributed by atoms with van der Waals surface area (Å²) in [6.45, 7) is 5.77. The van der Waals surface area contributed by atoms with Crippen molar-refractivity contribution in [1.82, 2.24) is 16.0 Å². The van der Waals surface area contributed by atoms with E-state index in [4.69, 9.17) is 6.42 Å². The number of hydrogen-bond acceptors (Lipinski definition) is 2. The Balaban J connectivity index is 0. The molecule has 0 heterocycles. The first-order valence-corrected chi connectivity index (χ1v) is 4.96. The molecule has 0 atom stereocenters. The maximum atomic E-state index is 11.1. The molecule has 0 fully saturated rings. The van der Waals surface area contributed by atoms with E-state index in [1.165, 1.54) is 0 Å². The zero-order chi connectivity index (χ0) is 11.5. The second-order valence-electron chi connectivity index (χ2n) is 2.71. The number of guanidine groups is 1. The van der Waals surface area contributed by atoms with Crippen LogP contribution in [0.1, 0.15) is 13.8 Å². The second-order valence-corrected chi connectivity index (χ2v) is 2.71. The molecule has 0 aromatic carbocycles. The van der Waals surface area contributed by atoms with E-state index in [0.29, 0.717) is 5.96 Å². The maximum absolute atomic E-state index is 11.1. The highest BCUT2D eigenvalue weighted by molar-refractivity contribution is 14.0. The lowest BCUT2D eigenvalue weighted by atomic mass is 10.5. The lowest BCUT2D eigenvalue weighted by molar-refractivity contribution is -0.119. The van der Waals surface area contributed by atoms with Crippen LogP contribution in [0.15, 0.2) is 4.99 Å². The monoisotopic (exact) mass is 338 g/mol. The molecule has 16 heavy (non-hydrogen) atoms. The molecule has 0 bridgehead atoms. The zero-order valence-electron chi connectivity index (χ0n) is 9.67. The van der Waals surface area contributed by atoms with E-state index in [1.807, 2.05) is 13.8 Å². The molecule has 0 aromatic rings. The Labute approximate surface area is 114 Å². The Bertz CT molecular complexity index is 252. The van der Waals surface area contributed by atoms with Gasteiger partial charge < -0.3 is 16.0 Å². The van der Waals surface area contributed by atoms with E-state index < -0.39 is 0 Å². The molecule has 0 saturated heterocycles. The summed E-state index contributed by atoms with van der Waals surface area (Å²) in [6.07, 6.45) is 5.00. The van der Waals surface area contributed by atoms with Gasteiger partial charge in [-0.05, 0) is 13.8 Å². The fraction of sp³-hybridized carbons (Fsp3) is 0.600. The first kappa shape index (κ1) is 17.4. The van der Waals surface area contributed by atoms with Gasteiger partial charge in [0, 0.05) is 13.1 Å². The van der Waals surface area contributed by atoms with Gasteiger partial charge in [-0.2, -0.15) is 0 Å². The number of rotatable bonds is 5. The van der Waals surface area contributed by atoms with E-state index in [9.17, 15) is 4.79 Å². The molecule has 92 valence electrons. The highest BCUT2D eigenvalue weighted by Gasteiger charge is 1.99. The SMILES string of the molecule is C#CCNC(=O)CN=C(NCC)NCC.I. The van der Waals surface area contributed by atoms with Crippen LogP contribution in [0.25, 0.3) is 0 Å². The number of halogens is 1. The van der Waals surface area contributed by atoms with Gasteiger partial charge in [-0.15, -0.1) is 30.4 Å². The minimum absolute atomic E-state index is 0. The smallest absolute Gasteiger partial charge is 0.242 e. The van der Waals surface area contributed by atoms with Crippen molar-refractivity contribution in [3.63, 3.8) is 0 Å². The minimum atomic E-state index is -0.179. The standard InChI is InChI=1S/C10H18N4O.HI/c1-4-7-13-9(15)8-14-10(11-5-2)12-6-3;/h1H,5-8H2,2-3H3,(H,13,15)(H2,11,12,14);1H. The minimum Gasteiger partial charge on any atom is -0.357 e. The number of nitrogens with one attached hydrogen (secondary N) is 3. The average molecular weight is 338 g/mol. The Morgan fingerprint density at radius 2 is 1.81 bits per heavy atom. The Morgan fingerprint density at radius 1 is 1.25 bits per heavy atom. The molecule has 0 unspecified atom stereocenters. The molecule has 0 aliphatic rings. The van der Waals surface area contributed by atoms with Crippen LogP contribution < -0.4 is 16.0 Å². The average Bonchev–Trinajstić information content (AvgIpc) is 2.23. The number of aliphatic imine (C=N–C) groups is 1. The summed E-state index contributed by atoms with van der Waals surface area (Å²) in [5.41, 5.74) is 0. The zero-order valence-corrected chi connectivity index (χ0v) is 12.0. The van der Waals surface area contributed by atoms with Crippen LogP contribution >= 0.6 is 24.0 Å². The van der Waals surface area contributed by atoms with Crippen LogP contribution in [0.2, 0.25) is 0 Å². The molecule has 0 rings (SSSR count). The molecule has 3 N–H and O–H groups in total. The first-order valence-electron chi connectivity index (χ1n) is 4.96. The van der Waals surface area contributed by atoms with Gasteiger partial charge in [0.05, 0.1) is 6.54 Å². The van der Waals surface area contributed by atoms with Crippen molar-refractivity contribution >= 4 is 35.8 Å². The third-order valence-electron chi connectivity index (χ3n) is 1.46. The lowest BCUT2D eigenvalue weighted by Gasteiger charge is -2.08. The highest BCUT2D eigenvalue weighted by Crippen LogP contribution is 1.74. The molecule has 6 heteroatoms. The highest BCUT2D eigenvalue weighted by atomic mass is 127. The number of terminal acetylenes is 1. The van der Waals surface area contributed by atoms with Crippen LogP contribution in [0.4, 0.5) is 0 Å². The number of hydrogen-bond donors (Lipinski definition) is 3. The molecule has 0 saturated carbocycles. The van der Waals surface area contributed by atoms with Crippen LogP contribution in [-0.4, -0.2) is 38.0 Å². The van der Waals surface area contributed by atoms with Gasteiger partial charge in [0.15, 0.2) is 5.96 Å². The summed E-state index contributed by atoms with van der Waals surface area (Å²) in [5.74, 6) is 2.78. The van der Waals surface area contributed by atoms with E-state index in [-0.39, 0.29) is 43.0 Å². The van der Waals surface area contributed by atoms with Gasteiger partial charge in [-0.3, -0.25) is 4.79 Å². The molecule has 0 aliphatic heterocycles. The molecule has 0 spiro atoms. The fourth-order valence-electron chi connectivity index (χ4n) is 0.866. The third-order valence-corrected chi connectivity index (χ3v) is 1.46. The molecular formula is C10H19IN4O. The lowest BCUT2D eigenvalue weighted by Crippen LogP contribution is -2.38. The first-order chi connectivity index (χ1) is 7.24. The summed E-state index contributed by atoms with van der Waals surface area (Å²) >= 11 is 0. The Morgan fingerprint density at radius 3 is 2.25 bits per heavy atom. The van der Waals surface area contributed by atoms with Crippen LogP contribution in [0.5, 0.6) is 0 Å². The second kappa shape index (κ2) is 12.1. The van der Waals surface area contributed by atoms with Crippen LogP contribution in [-0.2, 0) is 4.79 Å². The largest absolute Gasteiger partial charge is 0.357 e. The summed E-state index contributed by atoms with van der Waals surface area (Å²) in [7, 11) is 0. The summed E-state index contributed by atoms with van der Waals surface area (Å²) in [4.78, 5) is 15.2. The van der Waals surface area contributed by atoms with Crippen LogP contribution in [0.3, 0.4) is 0 Å². The van der Waals surface area contributed by atoms with Gasteiger partial charge in [0.1, 0.15) is 6.54 Å². The fourth-order valence-corrected chi connectivity index (χ4v) is 0.866. The molecule has 1 amide bonds. The van der Waals surface area contributed by atoms with Crippen molar-refractivity contribution < 1.29 is 4.79 Å². The molecule has 0 radical (unpaired) electrons.